The van der Waals surface area contributed by atoms with Gasteiger partial charge in [0.2, 0.25) is 0 Å². The van der Waals surface area contributed by atoms with Crippen molar-refractivity contribution in [2.45, 2.75) is 24.8 Å². The summed E-state index contributed by atoms with van der Waals surface area (Å²) >= 11 is 0. The lowest BCUT2D eigenvalue weighted by Gasteiger charge is -2.39. The Morgan fingerprint density at radius 3 is 2.73 bits per heavy atom. The maximum absolute atomic E-state index is 15.0. The van der Waals surface area contributed by atoms with Gasteiger partial charge in [0.15, 0.2) is 5.82 Å². The average molecular weight is 470 g/mol. The first-order valence-corrected chi connectivity index (χ1v) is 9.76. The van der Waals surface area contributed by atoms with Crippen LogP contribution in [0, 0.1) is 5.41 Å². The number of aromatic nitrogens is 3. The number of carbonyl (C=O) groups is 1. The number of urea groups is 1. The van der Waals surface area contributed by atoms with Gasteiger partial charge in [-0.05, 0) is 12.5 Å². The SMILES string of the molecule is CN(C(=O)Nc1cc(C(F)(F)F)cn(C)c1=O)C1CCN(c2cnc(N)c(C=N)n2)CC1F. The number of alkyl halides is 4. The number of rotatable bonds is 4. The topological polar surface area (TPSA) is 133 Å². The Kier molecular flexibility index (Phi) is 6.56. The van der Waals surface area contributed by atoms with Gasteiger partial charge in [0.1, 0.15) is 23.4 Å². The van der Waals surface area contributed by atoms with Gasteiger partial charge in [0.25, 0.3) is 5.56 Å². The second-order valence-corrected chi connectivity index (χ2v) is 7.56. The van der Waals surface area contributed by atoms with Crippen LogP contribution in [0.25, 0.3) is 0 Å². The molecule has 2 aromatic rings. The minimum atomic E-state index is -4.71. The van der Waals surface area contributed by atoms with Gasteiger partial charge < -0.3 is 30.8 Å². The van der Waals surface area contributed by atoms with E-state index in [0.717, 1.165) is 18.2 Å². The van der Waals surface area contributed by atoms with Gasteiger partial charge in [-0.25, -0.2) is 19.2 Å². The highest BCUT2D eigenvalue weighted by atomic mass is 19.4. The molecule has 0 radical (unpaired) electrons. The Labute approximate surface area is 185 Å². The van der Waals surface area contributed by atoms with E-state index in [0.29, 0.717) is 29.2 Å². The lowest BCUT2D eigenvalue weighted by atomic mass is 10.0. The van der Waals surface area contributed by atoms with E-state index in [-0.39, 0.29) is 24.5 Å². The number of nitrogens with zero attached hydrogens (tertiary/aromatic N) is 5. The number of hydrogen-bond donors (Lipinski definition) is 3. The van der Waals surface area contributed by atoms with E-state index in [1.165, 1.54) is 13.2 Å². The predicted molar refractivity (Wildman–Crippen MR) is 113 cm³/mol. The third-order valence-electron chi connectivity index (χ3n) is 5.35. The Bertz CT molecular complexity index is 1120. The second-order valence-electron chi connectivity index (χ2n) is 7.56. The molecule has 4 N–H and O–H groups in total. The van der Waals surface area contributed by atoms with Gasteiger partial charge >= 0.3 is 12.2 Å². The van der Waals surface area contributed by atoms with Gasteiger partial charge in [0.05, 0.1) is 24.3 Å². The average Bonchev–Trinajstić information content (AvgIpc) is 2.75. The van der Waals surface area contributed by atoms with Crippen LogP contribution < -0.4 is 21.5 Å². The number of nitrogen functional groups attached to an aromatic ring is 1. The predicted octanol–water partition coefficient (Wildman–Crippen LogP) is 1.85. The van der Waals surface area contributed by atoms with E-state index in [4.69, 9.17) is 11.1 Å². The summed E-state index contributed by atoms with van der Waals surface area (Å²) in [5, 5.41) is 9.46. The standard InChI is InChI=1S/C19H22F4N8O2/c1-29-8-10(19(21,22)23)5-12(17(29)32)28-18(33)30(2)14-3-4-31(9-11(14)20)15-7-26-16(25)13(6-24)27-15/h5-8,11,14,24H,3-4,9H2,1-2H3,(H2,25,26)(H,28,33). The molecule has 1 saturated heterocycles. The summed E-state index contributed by atoms with van der Waals surface area (Å²) in [4.78, 5) is 35.5. The zero-order valence-corrected chi connectivity index (χ0v) is 17.7. The van der Waals surface area contributed by atoms with Gasteiger partial charge in [-0.15, -0.1) is 0 Å². The Morgan fingerprint density at radius 2 is 2.12 bits per heavy atom. The van der Waals surface area contributed by atoms with Gasteiger partial charge in [-0.3, -0.25) is 4.79 Å². The fraction of sp³-hybridized carbons (Fsp3) is 0.421. The molecule has 33 heavy (non-hydrogen) atoms. The highest BCUT2D eigenvalue weighted by Crippen LogP contribution is 2.30. The van der Waals surface area contributed by atoms with Crippen LogP contribution in [0.1, 0.15) is 17.7 Å². The normalized spacial score (nSPS) is 18.7. The van der Waals surface area contributed by atoms with Crippen LogP contribution in [0.3, 0.4) is 0 Å². The van der Waals surface area contributed by atoms with Crippen LogP contribution in [0.2, 0.25) is 0 Å². The van der Waals surface area contributed by atoms with Crippen molar-refractivity contribution in [2.75, 3.05) is 36.1 Å². The van der Waals surface area contributed by atoms with Crippen molar-refractivity contribution >= 4 is 29.6 Å². The number of pyridine rings is 1. The van der Waals surface area contributed by atoms with Crippen molar-refractivity contribution in [3.8, 4) is 0 Å². The molecular weight excluding hydrogens is 448 g/mol. The highest BCUT2D eigenvalue weighted by molar-refractivity contribution is 5.89. The maximum atomic E-state index is 15.0. The molecule has 0 aromatic carbocycles. The van der Waals surface area contributed by atoms with E-state index in [2.05, 4.69) is 15.3 Å². The van der Waals surface area contributed by atoms with E-state index in [1.54, 1.807) is 4.90 Å². The Balaban J connectivity index is 1.72. The van der Waals surface area contributed by atoms with Crippen LogP contribution >= 0.6 is 0 Å². The van der Waals surface area contributed by atoms with Crippen molar-refractivity contribution < 1.29 is 22.4 Å². The van der Waals surface area contributed by atoms with E-state index in [9.17, 15) is 27.2 Å². The molecule has 2 aromatic heterocycles. The minimum absolute atomic E-state index is 0.0672. The number of aryl methyl sites for hydroxylation is 1. The monoisotopic (exact) mass is 470 g/mol. The number of nitrogens with one attached hydrogen (secondary N) is 2. The van der Waals surface area contributed by atoms with Crippen molar-refractivity contribution in [1.29, 1.82) is 5.41 Å². The molecule has 1 aliphatic rings. The Morgan fingerprint density at radius 1 is 1.42 bits per heavy atom. The Hall–Kier alpha value is -3.71. The minimum Gasteiger partial charge on any atom is -0.382 e. The molecule has 0 spiro atoms. The van der Waals surface area contributed by atoms with Crippen LogP contribution in [-0.4, -0.2) is 64.0 Å². The number of hydrogen-bond acceptors (Lipinski definition) is 7. The molecule has 0 aliphatic carbocycles. The molecule has 3 rings (SSSR count). The molecule has 1 fully saturated rings. The molecule has 178 valence electrons. The summed E-state index contributed by atoms with van der Waals surface area (Å²) in [5.74, 6) is 0.390. The van der Waals surface area contributed by atoms with Gasteiger partial charge in [-0.1, -0.05) is 0 Å². The summed E-state index contributed by atoms with van der Waals surface area (Å²) in [5.41, 5.74) is 3.26. The summed E-state index contributed by atoms with van der Waals surface area (Å²) in [6.07, 6.45) is -3.15. The number of anilines is 3. The maximum Gasteiger partial charge on any atom is 0.417 e. The molecule has 0 bridgehead atoms. The first-order chi connectivity index (χ1) is 15.4. The number of carbonyl (C=O) groups excluding carboxylic acids is 1. The third-order valence-corrected chi connectivity index (χ3v) is 5.35. The van der Waals surface area contributed by atoms with Gasteiger partial charge in [0, 0.05) is 33.1 Å². The molecule has 2 atom stereocenters. The summed E-state index contributed by atoms with van der Waals surface area (Å²) in [7, 11) is 2.44. The molecule has 10 nitrogen and oxygen atoms in total. The smallest absolute Gasteiger partial charge is 0.382 e. The van der Waals surface area contributed by atoms with Gasteiger partial charge in [-0.2, -0.15) is 13.2 Å². The molecular formula is C19H22F4N8O2. The van der Waals surface area contributed by atoms with Crippen LogP contribution in [0.5, 0.6) is 0 Å². The lowest BCUT2D eigenvalue weighted by Crippen LogP contribution is -2.54. The van der Waals surface area contributed by atoms with Crippen molar-refractivity contribution in [2.24, 2.45) is 7.05 Å². The summed E-state index contributed by atoms with van der Waals surface area (Å²) < 4.78 is 54.8. The number of piperidine rings is 1. The first-order valence-electron chi connectivity index (χ1n) is 9.76. The zero-order valence-electron chi connectivity index (χ0n) is 17.7. The molecule has 3 heterocycles. The van der Waals surface area contributed by atoms with Crippen molar-refractivity contribution in [1.82, 2.24) is 19.4 Å². The van der Waals surface area contributed by atoms with Crippen molar-refractivity contribution in [3.63, 3.8) is 0 Å². The summed E-state index contributed by atoms with van der Waals surface area (Å²) in [6, 6.07) is -1.25. The molecule has 1 aliphatic heterocycles. The molecule has 2 amide bonds. The summed E-state index contributed by atoms with van der Waals surface area (Å²) in [6.45, 7) is 0.160. The fourth-order valence-corrected chi connectivity index (χ4v) is 3.51. The fourth-order valence-electron chi connectivity index (χ4n) is 3.51. The zero-order chi connectivity index (χ0) is 24.5. The van der Waals surface area contributed by atoms with Crippen molar-refractivity contribution in [3.05, 3.63) is 40.1 Å². The van der Waals surface area contributed by atoms with E-state index < -0.39 is 41.2 Å². The number of halogens is 4. The first kappa shape index (κ1) is 23.9. The van der Waals surface area contributed by atoms with Crippen LogP contribution in [0.4, 0.5) is 39.7 Å². The molecule has 0 saturated carbocycles. The molecule has 2 unspecified atom stereocenters. The lowest BCUT2D eigenvalue weighted by molar-refractivity contribution is -0.138. The van der Waals surface area contributed by atoms with E-state index in [1.807, 2.05) is 0 Å². The van der Waals surface area contributed by atoms with Crippen LogP contribution in [-0.2, 0) is 13.2 Å². The van der Waals surface area contributed by atoms with E-state index >= 15 is 0 Å². The second kappa shape index (κ2) is 9.03. The molecule has 14 heteroatoms. The number of amides is 2. The largest absolute Gasteiger partial charge is 0.417 e. The number of nitrogens with two attached hydrogens (primary N) is 1. The highest BCUT2D eigenvalue weighted by Gasteiger charge is 2.36. The quantitative estimate of drug-likeness (QED) is 0.462. The third kappa shape index (κ3) is 5.04. The van der Waals surface area contributed by atoms with Crippen LogP contribution in [0.15, 0.2) is 23.3 Å².